The first kappa shape index (κ1) is 19.3. The van der Waals surface area contributed by atoms with E-state index in [2.05, 4.69) is 31.0 Å². The maximum absolute atomic E-state index is 12.4. The van der Waals surface area contributed by atoms with Crippen molar-refractivity contribution in [3.63, 3.8) is 0 Å². The average molecular weight is 346 g/mol. The monoisotopic (exact) mass is 346 g/mol. The molecule has 0 aromatic heterocycles. The molecule has 0 radical (unpaired) electrons. The van der Waals surface area contributed by atoms with Crippen molar-refractivity contribution in [3.8, 4) is 0 Å². The number of carbonyl (C=O) groups excluding carboxylic acids is 2. The summed E-state index contributed by atoms with van der Waals surface area (Å²) in [6.07, 6.45) is 4.68. The van der Waals surface area contributed by atoms with Crippen LogP contribution >= 0.6 is 0 Å². The van der Waals surface area contributed by atoms with Gasteiger partial charge < -0.3 is 15.0 Å². The highest BCUT2D eigenvalue weighted by molar-refractivity contribution is 6.01. The molecule has 1 aliphatic heterocycles. The molecule has 5 heteroatoms. The zero-order chi connectivity index (χ0) is 18.4. The van der Waals surface area contributed by atoms with E-state index in [0.717, 1.165) is 31.6 Å². The predicted molar refractivity (Wildman–Crippen MR) is 100 cm³/mol. The molecule has 1 N–H and O–H groups in total. The molecule has 1 fully saturated rings. The molecule has 0 aliphatic carbocycles. The molecule has 1 amide bonds. The highest BCUT2D eigenvalue weighted by Crippen LogP contribution is 2.26. The van der Waals surface area contributed by atoms with Crippen molar-refractivity contribution >= 4 is 17.6 Å². The van der Waals surface area contributed by atoms with Gasteiger partial charge in [-0.2, -0.15) is 0 Å². The lowest BCUT2D eigenvalue weighted by Gasteiger charge is -2.25. The highest BCUT2D eigenvalue weighted by Gasteiger charge is 2.21. The maximum Gasteiger partial charge on any atom is 0.339 e. The summed E-state index contributed by atoms with van der Waals surface area (Å²) in [5.41, 5.74) is 1.82. The summed E-state index contributed by atoms with van der Waals surface area (Å²) >= 11 is 0. The van der Waals surface area contributed by atoms with Crippen molar-refractivity contribution in [2.75, 3.05) is 31.6 Å². The zero-order valence-electron chi connectivity index (χ0n) is 15.9. The van der Waals surface area contributed by atoms with Crippen molar-refractivity contribution in [1.82, 2.24) is 5.32 Å². The highest BCUT2D eigenvalue weighted by atomic mass is 16.5. The van der Waals surface area contributed by atoms with E-state index >= 15 is 0 Å². The van der Waals surface area contributed by atoms with Crippen LogP contribution in [0.15, 0.2) is 18.2 Å². The van der Waals surface area contributed by atoms with Crippen molar-refractivity contribution < 1.29 is 14.3 Å². The normalized spacial score (nSPS) is 15.4. The number of rotatable bonds is 4. The fourth-order valence-electron chi connectivity index (χ4n) is 2.99. The second kappa shape index (κ2) is 8.37. The standard InChI is InChI=1S/C20H30N2O3/c1-20(2,3)14-21-18(23)15-9-10-17(16(13-15)19(24)25-4)22-11-7-5-6-8-12-22/h9-10,13H,5-8,11-12,14H2,1-4H3,(H,21,23). The lowest BCUT2D eigenvalue weighted by atomic mass is 9.97. The molecule has 1 aromatic rings. The fourth-order valence-corrected chi connectivity index (χ4v) is 2.99. The Balaban J connectivity index is 2.26. The van der Waals surface area contributed by atoms with E-state index in [4.69, 9.17) is 4.74 Å². The minimum absolute atomic E-state index is 0.00678. The maximum atomic E-state index is 12.4. The number of nitrogens with zero attached hydrogens (tertiary/aromatic N) is 1. The summed E-state index contributed by atoms with van der Waals surface area (Å²) in [7, 11) is 1.38. The number of hydrogen-bond donors (Lipinski definition) is 1. The molecular weight excluding hydrogens is 316 g/mol. The van der Waals surface area contributed by atoms with Gasteiger partial charge in [-0.1, -0.05) is 33.6 Å². The van der Waals surface area contributed by atoms with Crippen molar-refractivity contribution in [2.45, 2.75) is 46.5 Å². The molecule has 5 nitrogen and oxygen atoms in total. The SMILES string of the molecule is COC(=O)c1cc(C(=O)NCC(C)(C)C)ccc1N1CCCCCC1. The van der Waals surface area contributed by atoms with E-state index < -0.39 is 5.97 Å². The number of esters is 1. The van der Waals surface area contributed by atoms with Crippen LogP contribution in [0.25, 0.3) is 0 Å². The van der Waals surface area contributed by atoms with Gasteiger partial charge in [0.2, 0.25) is 0 Å². The topological polar surface area (TPSA) is 58.6 Å². The Hall–Kier alpha value is -2.04. The molecule has 0 bridgehead atoms. The van der Waals surface area contributed by atoms with Crippen LogP contribution in [0.2, 0.25) is 0 Å². The van der Waals surface area contributed by atoms with Crippen LogP contribution in [-0.4, -0.2) is 38.6 Å². The van der Waals surface area contributed by atoms with Crippen molar-refractivity contribution in [1.29, 1.82) is 0 Å². The van der Waals surface area contributed by atoms with E-state index in [1.807, 2.05) is 6.07 Å². The summed E-state index contributed by atoms with van der Waals surface area (Å²) in [6, 6.07) is 5.33. The quantitative estimate of drug-likeness (QED) is 0.846. The Morgan fingerprint density at radius 1 is 1.12 bits per heavy atom. The lowest BCUT2D eigenvalue weighted by molar-refractivity contribution is 0.0601. The summed E-state index contributed by atoms with van der Waals surface area (Å²) in [4.78, 5) is 26.9. The number of carbonyl (C=O) groups is 2. The van der Waals surface area contributed by atoms with Gasteiger partial charge in [0.15, 0.2) is 0 Å². The van der Waals surface area contributed by atoms with Crippen molar-refractivity contribution in [3.05, 3.63) is 29.3 Å². The van der Waals surface area contributed by atoms with Crippen molar-refractivity contribution in [2.24, 2.45) is 5.41 Å². The Labute approximate surface area is 150 Å². The number of anilines is 1. The molecule has 0 unspecified atom stereocenters. The van der Waals surface area contributed by atoms with Crippen LogP contribution in [0.5, 0.6) is 0 Å². The van der Waals surface area contributed by atoms with E-state index in [9.17, 15) is 9.59 Å². The molecule has 25 heavy (non-hydrogen) atoms. The van der Waals surface area contributed by atoms with Gasteiger partial charge >= 0.3 is 5.97 Å². The minimum Gasteiger partial charge on any atom is -0.465 e. The summed E-state index contributed by atoms with van der Waals surface area (Å²) in [5.74, 6) is -0.563. The van der Waals surface area contributed by atoms with Crippen LogP contribution in [-0.2, 0) is 4.74 Å². The zero-order valence-corrected chi connectivity index (χ0v) is 15.9. The van der Waals surface area contributed by atoms with E-state index in [1.54, 1.807) is 12.1 Å². The van der Waals surface area contributed by atoms with Crippen LogP contribution in [0.3, 0.4) is 0 Å². The Morgan fingerprint density at radius 2 is 1.76 bits per heavy atom. The Morgan fingerprint density at radius 3 is 2.32 bits per heavy atom. The molecule has 0 saturated carbocycles. The molecular formula is C20H30N2O3. The largest absolute Gasteiger partial charge is 0.465 e. The molecule has 1 aromatic carbocycles. The molecule has 138 valence electrons. The lowest BCUT2D eigenvalue weighted by Crippen LogP contribution is -2.32. The van der Waals surface area contributed by atoms with Gasteiger partial charge in [-0.3, -0.25) is 4.79 Å². The molecule has 0 spiro atoms. The van der Waals surface area contributed by atoms with Gasteiger partial charge in [0.1, 0.15) is 0 Å². The van der Waals surface area contributed by atoms with Crippen LogP contribution < -0.4 is 10.2 Å². The van der Waals surface area contributed by atoms with Gasteiger partial charge in [0.25, 0.3) is 5.91 Å². The van der Waals surface area contributed by atoms with Gasteiger partial charge in [-0.25, -0.2) is 4.79 Å². The average Bonchev–Trinajstić information content (AvgIpc) is 2.87. The van der Waals surface area contributed by atoms with Gasteiger partial charge in [0, 0.05) is 25.2 Å². The Kier molecular flexibility index (Phi) is 6.45. The smallest absolute Gasteiger partial charge is 0.339 e. The summed E-state index contributed by atoms with van der Waals surface area (Å²) in [6.45, 7) is 8.63. The molecule has 2 rings (SSSR count). The van der Waals surface area contributed by atoms with E-state index in [0.29, 0.717) is 17.7 Å². The molecule has 0 atom stereocenters. The Bertz CT molecular complexity index is 612. The number of hydrogen-bond acceptors (Lipinski definition) is 4. The third-order valence-corrected chi connectivity index (χ3v) is 4.39. The van der Waals surface area contributed by atoms with Crippen LogP contribution in [0, 0.1) is 5.41 Å². The molecule has 1 heterocycles. The molecule has 1 saturated heterocycles. The first-order valence-corrected chi connectivity index (χ1v) is 9.07. The van der Waals surface area contributed by atoms with Crippen LogP contribution in [0.4, 0.5) is 5.69 Å². The first-order valence-electron chi connectivity index (χ1n) is 9.07. The van der Waals surface area contributed by atoms with Crippen LogP contribution in [0.1, 0.15) is 67.2 Å². The molecule has 1 aliphatic rings. The predicted octanol–water partition coefficient (Wildman–Crippen LogP) is 3.63. The summed E-state index contributed by atoms with van der Waals surface area (Å²) < 4.78 is 4.95. The van der Waals surface area contributed by atoms with Gasteiger partial charge in [-0.05, 0) is 36.5 Å². The third-order valence-electron chi connectivity index (χ3n) is 4.39. The van der Waals surface area contributed by atoms with E-state index in [1.165, 1.54) is 20.0 Å². The number of nitrogens with one attached hydrogen (secondary N) is 1. The second-order valence-electron chi connectivity index (χ2n) is 7.87. The number of methoxy groups -OCH3 is 1. The number of benzene rings is 1. The second-order valence-corrected chi connectivity index (χ2v) is 7.87. The first-order chi connectivity index (χ1) is 11.8. The fraction of sp³-hybridized carbons (Fsp3) is 0.600. The number of ether oxygens (including phenoxy) is 1. The van der Waals surface area contributed by atoms with Gasteiger partial charge in [-0.15, -0.1) is 0 Å². The summed E-state index contributed by atoms with van der Waals surface area (Å²) in [5, 5.41) is 2.93. The third kappa shape index (κ3) is 5.48. The van der Waals surface area contributed by atoms with Gasteiger partial charge in [0.05, 0.1) is 18.4 Å². The minimum atomic E-state index is -0.398. The number of amides is 1. The van der Waals surface area contributed by atoms with E-state index in [-0.39, 0.29) is 11.3 Å².